The van der Waals surface area contributed by atoms with E-state index in [1.54, 1.807) is 18.1 Å². The molecule has 32 heavy (non-hydrogen) atoms. The molecule has 1 aromatic heterocycles. The summed E-state index contributed by atoms with van der Waals surface area (Å²) in [5, 5.41) is 0. The molecule has 1 N–H and O–H groups in total. The summed E-state index contributed by atoms with van der Waals surface area (Å²) in [6.45, 7) is 1.69. The number of aromatic amines is 1. The van der Waals surface area contributed by atoms with Gasteiger partial charge < -0.3 is 19.5 Å². The number of nitrogens with zero attached hydrogens (tertiary/aromatic N) is 3. The van der Waals surface area contributed by atoms with Gasteiger partial charge in [0.15, 0.2) is 0 Å². The average molecular weight is 438 g/mol. The first-order valence-corrected chi connectivity index (χ1v) is 10.2. The highest BCUT2D eigenvalue weighted by Crippen LogP contribution is 2.28. The number of rotatable bonds is 5. The molecule has 3 aromatic rings. The quantitative estimate of drug-likeness (QED) is 0.655. The van der Waals surface area contributed by atoms with Crippen molar-refractivity contribution in [3.8, 4) is 5.75 Å². The monoisotopic (exact) mass is 438 g/mol. The molecule has 0 bridgehead atoms. The van der Waals surface area contributed by atoms with Crippen LogP contribution in [0.2, 0.25) is 0 Å². The van der Waals surface area contributed by atoms with E-state index in [1.807, 2.05) is 24.3 Å². The Morgan fingerprint density at radius 2 is 1.72 bits per heavy atom. The molecule has 2 heterocycles. The molecular formula is C23H23FN4O4. The Kier molecular flexibility index (Phi) is 6.07. The molecule has 1 aliphatic rings. The van der Waals surface area contributed by atoms with E-state index in [0.717, 1.165) is 22.2 Å². The van der Waals surface area contributed by atoms with Crippen molar-refractivity contribution in [1.29, 1.82) is 0 Å². The van der Waals surface area contributed by atoms with Crippen molar-refractivity contribution in [1.82, 2.24) is 14.5 Å². The van der Waals surface area contributed by atoms with Crippen LogP contribution in [0.1, 0.15) is 15.9 Å². The summed E-state index contributed by atoms with van der Waals surface area (Å²) in [5.74, 6) is -0.236. The number of H-pyrrole nitrogens is 1. The van der Waals surface area contributed by atoms with Gasteiger partial charge in [0.05, 0.1) is 19.3 Å². The minimum atomic E-state index is -0.742. The highest BCUT2D eigenvalue weighted by atomic mass is 19.1. The lowest BCUT2D eigenvalue weighted by Gasteiger charge is -2.36. The maximum Gasteiger partial charge on any atom is 0.328 e. The number of anilines is 1. The van der Waals surface area contributed by atoms with E-state index in [0.29, 0.717) is 26.2 Å². The Hall–Kier alpha value is -3.88. The van der Waals surface area contributed by atoms with Crippen molar-refractivity contribution < 1.29 is 13.9 Å². The van der Waals surface area contributed by atoms with Crippen LogP contribution in [0.25, 0.3) is 0 Å². The summed E-state index contributed by atoms with van der Waals surface area (Å²) in [5.41, 5.74) is -0.454. The first-order valence-electron chi connectivity index (χ1n) is 10.2. The number of benzene rings is 2. The summed E-state index contributed by atoms with van der Waals surface area (Å²) < 4.78 is 20.3. The lowest BCUT2D eigenvalue weighted by molar-refractivity contribution is 0.0743. The third-order valence-electron chi connectivity index (χ3n) is 5.57. The molecule has 1 amide bonds. The van der Waals surface area contributed by atoms with Crippen molar-refractivity contribution in [2.24, 2.45) is 0 Å². The second kappa shape index (κ2) is 9.09. The van der Waals surface area contributed by atoms with Gasteiger partial charge in [0.1, 0.15) is 17.1 Å². The van der Waals surface area contributed by atoms with Crippen molar-refractivity contribution in [3.63, 3.8) is 0 Å². The summed E-state index contributed by atoms with van der Waals surface area (Å²) in [6, 6.07) is 13.5. The van der Waals surface area contributed by atoms with Crippen LogP contribution in [-0.4, -0.2) is 53.6 Å². The van der Waals surface area contributed by atoms with E-state index in [1.165, 1.54) is 18.2 Å². The van der Waals surface area contributed by atoms with Crippen LogP contribution in [0.4, 0.5) is 10.1 Å². The Balaban J connectivity index is 1.53. The number of hydrogen-bond acceptors (Lipinski definition) is 5. The van der Waals surface area contributed by atoms with Gasteiger partial charge in [-0.25, -0.2) is 9.18 Å². The molecule has 2 aromatic carbocycles. The third-order valence-corrected chi connectivity index (χ3v) is 5.57. The molecule has 1 aliphatic heterocycles. The molecule has 1 fully saturated rings. The van der Waals surface area contributed by atoms with Crippen LogP contribution < -0.4 is 20.9 Å². The second-order valence-electron chi connectivity index (χ2n) is 7.44. The van der Waals surface area contributed by atoms with Crippen molar-refractivity contribution in [2.75, 3.05) is 38.2 Å². The number of methoxy groups -OCH3 is 1. The van der Waals surface area contributed by atoms with Crippen LogP contribution in [0, 0.1) is 5.82 Å². The molecule has 8 nitrogen and oxygen atoms in total. The standard InChI is InChI=1S/C23H23FN4O4/c1-32-20-9-5-4-8-19(20)26-10-12-27(13-11-26)21(29)17-14-25-23(31)28(22(17)30)15-16-6-2-3-7-18(16)24/h2-9,14H,10-13,15H2,1H3,(H,25,31). The van der Waals surface area contributed by atoms with Crippen LogP contribution in [-0.2, 0) is 6.54 Å². The van der Waals surface area contributed by atoms with Gasteiger partial charge in [-0.05, 0) is 18.2 Å². The van der Waals surface area contributed by atoms with Crippen molar-refractivity contribution in [2.45, 2.75) is 6.54 Å². The molecule has 4 rings (SSSR count). The maximum absolute atomic E-state index is 14.0. The number of para-hydroxylation sites is 2. The van der Waals surface area contributed by atoms with Gasteiger partial charge in [-0.15, -0.1) is 0 Å². The van der Waals surface area contributed by atoms with Crippen molar-refractivity contribution >= 4 is 11.6 Å². The van der Waals surface area contributed by atoms with E-state index in [2.05, 4.69) is 9.88 Å². The molecule has 9 heteroatoms. The SMILES string of the molecule is COc1ccccc1N1CCN(C(=O)c2c[nH]c(=O)n(Cc3ccccc3F)c2=O)CC1. The largest absolute Gasteiger partial charge is 0.495 e. The number of piperazine rings is 1. The molecule has 0 radical (unpaired) electrons. The van der Waals surface area contributed by atoms with E-state index in [9.17, 15) is 18.8 Å². The van der Waals surface area contributed by atoms with E-state index < -0.39 is 23.0 Å². The van der Waals surface area contributed by atoms with Gasteiger partial charge in [0, 0.05) is 37.9 Å². The Labute approximate surface area is 183 Å². The predicted molar refractivity (Wildman–Crippen MR) is 118 cm³/mol. The third kappa shape index (κ3) is 4.14. The van der Waals surface area contributed by atoms with E-state index in [-0.39, 0.29) is 17.7 Å². The Morgan fingerprint density at radius 1 is 1.03 bits per heavy atom. The van der Waals surface area contributed by atoms with Gasteiger partial charge in [-0.1, -0.05) is 30.3 Å². The van der Waals surface area contributed by atoms with Gasteiger partial charge in [0.25, 0.3) is 11.5 Å². The molecule has 166 valence electrons. The summed E-state index contributed by atoms with van der Waals surface area (Å²) in [4.78, 5) is 44.3. The topological polar surface area (TPSA) is 87.6 Å². The number of ether oxygens (including phenoxy) is 1. The zero-order chi connectivity index (χ0) is 22.7. The number of halogens is 1. The first-order chi connectivity index (χ1) is 15.5. The lowest BCUT2D eigenvalue weighted by atomic mass is 10.2. The number of hydrogen-bond donors (Lipinski definition) is 1. The molecular weight excluding hydrogens is 415 g/mol. The number of amides is 1. The molecule has 0 unspecified atom stereocenters. The van der Waals surface area contributed by atoms with Crippen molar-refractivity contribution in [3.05, 3.63) is 92.5 Å². The fourth-order valence-electron chi connectivity index (χ4n) is 3.82. The smallest absolute Gasteiger partial charge is 0.328 e. The minimum Gasteiger partial charge on any atom is -0.495 e. The van der Waals surface area contributed by atoms with E-state index in [4.69, 9.17) is 4.74 Å². The van der Waals surface area contributed by atoms with Crippen LogP contribution in [0.5, 0.6) is 5.75 Å². The normalized spacial score (nSPS) is 13.8. The van der Waals surface area contributed by atoms with Gasteiger partial charge in [-0.3, -0.25) is 14.2 Å². The first kappa shape index (κ1) is 21.4. The predicted octanol–water partition coefficient (Wildman–Crippen LogP) is 1.69. The van der Waals surface area contributed by atoms with Crippen LogP contribution in [0.3, 0.4) is 0 Å². The Bertz CT molecular complexity index is 1240. The molecule has 0 spiro atoms. The Morgan fingerprint density at radius 3 is 2.44 bits per heavy atom. The van der Waals surface area contributed by atoms with Crippen LogP contribution in [0.15, 0.2) is 64.3 Å². The molecule has 1 saturated heterocycles. The van der Waals surface area contributed by atoms with Gasteiger partial charge in [-0.2, -0.15) is 0 Å². The van der Waals surface area contributed by atoms with Crippen LogP contribution >= 0.6 is 0 Å². The van der Waals surface area contributed by atoms with Gasteiger partial charge >= 0.3 is 5.69 Å². The number of carbonyl (C=O) groups excluding carboxylic acids is 1. The summed E-state index contributed by atoms with van der Waals surface area (Å²) in [7, 11) is 1.61. The number of aromatic nitrogens is 2. The fourth-order valence-corrected chi connectivity index (χ4v) is 3.82. The lowest BCUT2D eigenvalue weighted by Crippen LogP contribution is -2.50. The van der Waals surface area contributed by atoms with E-state index >= 15 is 0 Å². The molecule has 0 aliphatic carbocycles. The molecule has 0 atom stereocenters. The maximum atomic E-state index is 14.0. The summed E-state index contributed by atoms with van der Waals surface area (Å²) in [6.07, 6.45) is 1.14. The zero-order valence-corrected chi connectivity index (χ0v) is 17.6. The summed E-state index contributed by atoms with van der Waals surface area (Å²) >= 11 is 0. The van der Waals surface area contributed by atoms with Gasteiger partial charge in [0.2, 0.25) is 0 Å². The second-order valence-corrected chi connectivity index (χ2v) is 7.44. The average Bonchev–Trinajstić information content (AvgIpc) is 2.82. The number of nitrogens with one attached hydrogen (secondary N) is 1. The highest BCUT2D eigenvalue weighted by molar-refractivity contribution is 5.93. The highest BCUT2D eigenvalue weighted by Gasteiger charge is 2.26. The fraction of sp³-hybridized carbons (Fsp3) is 0.261. The zero-order valence-electron chi connectivity index (χ0n) is 17.6. The minimum absolute atomic E-state index is 0.147. The number of carbonyl (C=O) groups is 1. The molecule has 0 saturated carbocycles.